The molecule has 0 spiro atoms. The maximum Gasteiger partial charge on any atom is 0.144 e. The smallest absolute Gasteiger partial charge is 0.144 e. The van der Waals surface area contributed by atoms with E-state index >= 15 is 0 Å². The van der Waals surface area contributed by atoms with Crippen molar-refractivity contribution in [3.63, 3.8) is 0 Å². The minimum Gasteiger partial charge on any atom is -0.494 e. The topological polar surface area (TPSA) is 47.7 Å². The molecular weight excluding hydrogens is 476 g/mol. The van der Waals surface area contributed by atoms with Crippen molar-refractivity contribution >= 4 is 21.7 Å². The Kier molecular flexibility index (Phi) is 10.3. The molecule has 5 heteroatoms. The predicted octanol–water partition coefficient (Wildman–Crippen LogP) is 8.61. The first-order valence-corrected chi connectivity index (χ1v) is 14.6. The van der Waals surface area contributed by atoms with Crippen molar-refractivity contribution in [1.82, 2.24) is 0 Å². The van der Waals surface area contributed by atoms with E-state index in [4.69, 9.17) is 14.7 Å². The number of nitrogen functional groups attached to an aromatic ring is 1. The Bertz CT molecular complexity index is 1120. The summed E-state index contributed by atoms with van der Waals surface area (Å²) >= 11 is 0. The summed E-state index contributed by atoms with van der Waals surface area (Å²) in [6.45, 7) is 10.8. The Hall–Kier alpha value is -3.15. The van der Waals surface area contributed by atoms with Crippen LogP contribution in [0.5, 0.6) is 5.75 Å². The molecule has 37 heavy (non-hydrogen) atoms. The Morgan fingerprint density at radius 3 is 2.00 bits per heavy atom. The highest BCUT2D eigenvalue weighted by atomic mass is 32.3. The summed E-state index contributed by atoms with van der Waals surface area (Å²) in [7, 11) is 0.110. The highest BCUT2D eigenvalue weighted by Crippen LogP contribution is 2.72. The number of nitrogens with zero attached hydrogens (tertiary/aromatic N) is 1. The summed E-state index contributed by atoms with van der Waals surface area (Å²) in [5.41, 5.74) is 7.45. The van der Waals surface area contributed by atoms with Gasteiger partial charge >= 0.3 is 0 Å². The maximum absolute atomic E-state index is 6.69. The number of hydrogen-bond donors (Lipinski definition) is 1. The van der Waals surface area contributed by atoms with Gasteiger partial charge in [0.2, 0.25) is 0 Å². The Balaban J connectivity index is 0.000000220. The lowest BCUT2D eigenvalue weighted by atomic mass is 10.1. The van der Waals surface area contributed by atoms with Gasteiger partial charge in [0.25, 0.3) is 0 Å². The second-order valence-electron chi connectivity index (χ2n) is 9.47. The van der Waals surface area contributed by atoms with Crippen molar-refractivity contribution in [3.05, 3.63) is 103 Å². The van der Waals surface area contributed by atoms with Gasteiger partial charge in [-0.2, -0.15) is 0 Å². The Labute approximate surface area is 225 Å². The lowest BCUT2D eigenvalue weighted by molar-refractivity contribution is 0.340. The van der Waals surface area contributed by atoms with E-state index in [9.17, 15) is 0 Å². The molecule has 3 aromatic carbocycles. The molecule has 198 valence electrons. The number of ether oxygens (including phenoxy) is 1. The van der Waals surface area contributed by atoms with E-state index in [1.54, 1.807) is 7.11 Å². The number of methoxy groups -OCH3 is 1. The highest BCUT2D eigenvalue weighted by molar-refractivity contribution is 8.31. The fourth-order valence-corrected chi connectivity index (χ4v) is 8.33. The third kappa shape index (κ3) is 6.60. The molecule has 3 aromatic rings. The van der Waals surface area contributed by atoms with E-state index in [2.05, 4.69) is 99.3 Å². The summed E-state index contributed by atoms with van der Waals surface area (Å²) in [5, 5.41) is 0. The van der Waals surface area contributed by atoms with Crippen LogP contribution in [0.25, 0.3) is 0 Å². The first-order chi connectivity index (χ1) is 17.9. The van der Waals surface area contributed by atoms with Gasteiger partial charge in [0, 0.05) is 39.0 Å². The van der Waals surface area contributed by atoms with Crippen LogP contribution in [0, 0.1) is 0 Å². The fourth-order valence-electron chi connectivity index (χ4n) is 4.28. The number of nitrogens with two attached hydrogens (primary N) is 1. The van der Waals surface area contributed by atoms with Gasteiger partial charge in [-0.05, 0) is 69.2 Å². The van der Waals surface area contributed by atoms with Crippen LogP contribution in [-0.4, -0.2) is 25.0 Å². The molecule has 0 atom stereocenters. The van der Waals surface area contributed by atoms with Crippen molar-refractivity contribution in [2.45, 2.75) is 55.1 Å². The van der Waals surface area contributed by atoms with Gasteiger partial charge in [0.1, 0.15) is 5.75 Å². The lowest BCUT2D eigenvalue weighted by Gasteiger charge is -2.51. The third-order valence-electron chi connectivity index (χ3n) is 6.57. The molecule has 0 amide bonds. The van der Waals surface area contributed by atoms with E-state index < -0.39 is 10.3 Å². The molecule has 2 N–H and O–H groups in total. The van der Waals surface area contributed by atoms with Crippen LogP contribution in [0.4, 0.5) is 11.4 Å². The molecule has 1 heterocycles. The molecule has 0 fully saturated rings. The summed E-state index contributed by atoms with van der Waals surface area (Å²) in [4.78, 5) is 4.75. The van der Waals surface area contributed by atoms with Gasteiger partial charge in [-0.1, -0.05) is 72.7 Å². The summed E-state index contributed by atoms with van der Waals surface area (Å²) in [5.74, 6) is 0.801. The molecule has 0 aromatic heterocycles. The maximum atomic E-state index is 6.69. The monoisotopic (exact) mass is 518 g/mol. The van der Waals surface area contributed by atoms with Gasteiger partial charge in [0.15, 0.2) is 0 Å². The zero-order valence-electron chi connectivity index (χ0n) is 22.9. The van der Waals surface area contributed by atoms with Crippen LogP contribution in [-0.2, 0) is 4.18 Å². The molecule has 0 unspecified atom stereocenters. The van der Waals surface area contributed by atoms with Gasteiger partial charge in [-0.3, -0.25) is 0 Å². The average Bonchev–Trinajstić information content (AvgIpc) is 2.95. The van der Waals surface area contributed by atoms with Crippen LogP contribution < -0.4 is 15.4 Å². The number of benzene rings is 3. The van der Waals surface area contributed by atoms with Crippen molar-refractivity contribution in [2.24, 2.45) is 0 Å². The van der Waals surface area contributed by atoms with Gasteiger partial charge < -0.3 is 19.6 Å². The second kappa shape index (κ2) is 13.4. The zero-order valence-corrected chi connectivity index (χ0v) is 23.7. The molecule has 4 nitrogen and oxygen atoms in total. The number of rotatable bonds is 9. The largest absolute Gasteiger partial charge is 0.494 e. The molecule has 4 rings (SSSR count). The SMILES string of the molecule is CCCOS(c1ccccc1)(c1ccccc1)C(C)(C)CC.COc1cc(N)ccc1N1C=CC=CC1. The van der Waals surface area contributed by atoms with E-state index in [0.717, 1.165) is 37.4 Å². The minimum absolute atomic E-state index is 0.0743. The van der Waals surface area contributed by atoms with Crippen LogP contribution in [0.1, 0.15) is 40.5 Å². The number of anilines is 2. The number of hydrogen-bond acceptors (Lipinski definition) is 4. The van der Waals surface area contributed by atoms with Crippen molar-refractivity contribution < 1.29 is 8.92 Å². The molecule has 0 aliphatic carbocycles. The molecule has 0 radical (unpaired) electrons. The van der Waals surface area contributed by atoms with Crippen LogP contribution in [0.2, 0.25) is 0 Å². The Morgan fingerprint density at radius 1 is 0.892 bits per heavy atom. The molecule has 0 saturated heterocycles. The normalized spacial score (nSPS) is 13.6. The van der Waals surface area contributed by atoms with Gasteiger partial charge in [-0.25, -0.2) is 0 Å². The van der Waals surface area contributed by atoms with Crippen LogP contribution in [0.3, 0.4) is 0 Å². The van der Waals surface area contributed by atoms with Gasteiger partial charge in [0.05, 0.1) is 19.4 Å². The molecular formula is C32H42N2O2S. The van der Waals surface area contributed by atoms with Crippen molar-refractivity contribution in [1.29, 1.82) is 0 Å². The summed E-state index contributed by atoms with van der Waals surface area (Å²) in [6.07, 6.45) is 10.3. The first-order valence-electron chi connectivity index (χ1n) is 13.0. The van der Waals surface area contributed by atoms with Crippen molar-refractivity contribution in [3.8, 4) is 5.75 Å². The molecule has 0 saturated carbocycles. The van der Waals surface area contributed by atoms with E-state index in [1.165, 1.54) is 9.79 Å². The summed E-state index contributed by atoms with van der Waals surface area (Å²) < 4.78 is 12.1. The van der Waals surface area contributed by atoms with Gasteiger partial charge in [-0.15, -0.1) is 0 Å². The molecule has 1 aliphatic heterocycles. The van der Waals surface area contributed by atoms with E-state index in [-0.39, 0.29) is 4.75 Å². The fraction of sp³-hybridized carbons (Fsp3) is 0.312. The van der Waals surface area contributed by atoms with Crippen LogP contribution >= 0.6 is 10.3 Å². The van der Waals surface area contributed by atoms with Crippen molar-refractivity contribution in [2.75, 3.05) is 30.9 Å². The van der Waals surface area contributed by atoms with E-state index in [0.29, 0.717) is 5.69 Å². The van der Waals surface area contributed by atoms with Crippen LogP contribution in [0.15, 0.2) is 113 Å². The second-order valence-corrected chi connectivity index (χ2v) is 12.9. The third-order valence-corrected chi connectivity index (χ3v) is 10.8. The standard InChI is InChI=1S/C20H28OS.C12H14N2O/c1-5-17-21-22(20(3,4)6-2,18-13-9-7-10-14-18)19-15-11-8-12-16-19;1-15-12-9-10(13)5-6-11(12)14-7-3-2-4-8-14/h7-16H,5-6,17H2,1-4H3;2-7,9H,8,13H2,1H3. The highest BCUT2D eigenvalue weighted by Gasteiger charge is 2.43. The predicted molar refractivity (Wildman–Crippen MR) is 161 cm³/mol. The Morgan fingerprint density at radius 2 is 1.51 bits per heavy atom. The minimum atomic E-state index is -1.54. The quantitative estimate of drug-likeness (QED) is 0.288. The first kappa shape index (κ1) is 28.4. The van der Waals surface area contributed by atoms with E-state index in [1.807, 2.05) is 36.6 Å². The lowest BCUT2D eigenvalue weighted by Crippen LogP contribution is -2.30. The molecule has 0 bridgehead atoms. The average molecular weight is 519 g/mol. The summed E-state index contributed by atoms with van der Waals surface area (Å²) in [6, 6.07) is 27.3. The molecule has 1 aliphatic rings. The number of allylic oxidation sites excluding steroid dienone is 2. The zero-order chi connectivity index (χ0) is 26.7.